The number of rotatable bonds is 6. The summed E-state index contributed by atoms with van der Waals surface area (Å²) in [6.07, 6.45) is 0. The molecule has 1 heterocycles. The summed E-state index contributed by atoms with van der Waals surface area (Å²) in [4.78, 5) is 1.87. The highest BCUT2D eigenvalue weighted by molar-refractivity contribution is 7.89. The average molecular weight is 341 g/mol. The molecule has 0 unspecified atom stereocenters. The number of nitrogens with zero attached hydrogens (tertiary/aromatic N) is 2. The van der Waals surface area contributed by atoms with Crippen molar-refractivity contribution in [2.24, 2.45) is 0 Å². The Balaban J connectivity index is 2.22. The average Bonchev–Trinajstić information content (AvgIpc) is 2.78. The summed E-state index contributed by atoms with van der Waals surface area (Å²) >= 11 is 0. The number of hydrogen-bond donors (Lipinski definition) is 1. The summed E-state index contributed by atoms with van der Waals surface area (Å²) in [6.45, 7) is 3.22. The first kappa shape index (κ1) is 17.6. The summed E-state index contributed by atoms with van der Waals surface area (Å²) in [6, 6.07) is 5.81. The monoisotopic (exact) mass is 341 g/mol. The van der Waals surface area contributed by atoms with Gasteiger partial charge in [0.25, 0.3) is 0 Å². The van der Waals surface area contributed by atoms with Gasteiger partial charge in [-0.05, 0) is 45.6 Å². The van der Waals surface area contributed by atoms with E-state index in [1.54, 1.807) is 40.1 Å². The van der Waals surface area contributed by atoms with Crippen molar-refractivity contribution in [1.29, 1.82) is 0 Å². The van der Waals surface area contributed by atoms with E-state index < -0.39 is 10.0 Å². The maximum Gasteiger partial charge on any atom is 0.246 e. The maximum absolute atomic E-state index is 13.4. The normalized spacial score (nSPS) is 13.5. The molecule has 126 valence electrons. The van der Waals surface area contributed by atoms with Crippen LogP contribution in [0.4, 0.5) is 4.39 Å². The Labute approximate surface area is 135 Å². The largest absolute Gasteiger partial charge is 0.360 e. The van der Waals surface area contributed by atoms with Gasteiger partial charge in [0.05, 0.1) is 0 Å². The number of benzene rings is 1. The predicted molar refractivity (Wildman–Crippen MR) is 84.0 cm³/mol. The molecule has 0 fully saturated rings. The number of aromatic nitrogens is 1. The lowest BCUT2D eigenvalue weighted by Crippen LogP contribution is -2.35. The molecular weight excluding hydrogens is 321 g/mol. The van der Waals surface area contributed by atoms with Gasteiger partial charge in [-0.2, -0.15) is 0 Å². The van der Waals surface area contributed by atoms with Crippen LogP contribution in [0.3, 0.4) is 0 Å². The van der Waals surface area contributed by atoms with Crippen LogP contribution < -0.4 is 4.72 Å². The van der Waals surface area contributed by atoms with E-state index in [2.05, 4.69) is 9.88 Å². The van der Waals surface area contributed by atoms with E-state index in [1.165, 1.54) is 12.1 Å². The summed E-state index contributed by atoms with van der Waals surface area (Å²) in [5.74, 6) is -0.120. The Morgan fingerprint density at radius 1 is 1.35 bits per heavy atom. The van der Waals surface area contributed by atoms with Crippen LogP contribution >= 0.6 is 0 Å². The molecule has 23 heavy (non-hydrogen) atoms. The first-order chi connectivity index (χ1) is 10.7. The molecule has 1 atom stereocenters. The molecule has 2 rings (SSSR count). The van der Waals surface area contributed by atoms with Crippen molar-refractivity contribution in [1.82, 2.24) is 14.8 Å². The Hall–Kier alpha value is -1.77. The standard InChI is InChI=1S/C15H20FN3O3S/c1-10-15(11(2)22-18-10)23(20,21)17-9-14(19(3)4)12-6-5-7-13(16)8-12/h5-8,14,17H,9H2,1-4H3/t14-/m0/s1. The fourth-order valence-corrected chi connectivity index (χ4v) is 3.80. The highest BCUT2D eigenvalue weighted by Gasteiger charge is 2.26. The highest BCUT2D eigenvalue weighted by Crippen LogP contribution is 2.22. The van der Waals surface area contributed by atoms with E-state index in [0.29, 0.717) is 11.3 Å². The first-order valence-electron chi connectivity index (χ1n) is 7.07. The SMILES string of the molecule is Cc1noc(C)c1S(=O)(=O)NC[C@@H](c1cccc(F)c1)N(C)C. The van der Waals surface area contributed by atoms with Gasteiger partial charge in [0, 0.05) is 12.6 Å². The lowest BCUT2D eigenvalue weighted by molar-refractivity contribution is 0.298. The Kier molecular flexibility index (Phi) is 5.18. The molecule has 6 nitrogen and oxygen atoms in total. The molecule has 0 saturated heterocycles. The number of halogens is 1. The van der Waals surface area contributed by atoms with Gasteiger partial charge in [0.15, 0.2) is 5.76 Å². The fraction of sp³-hybridized carbons (Fsp3) is 0.400. The molecular formula is C15H20FN3O3S. The molecule has 0 aliphatic heterocycles. The smallest absolute Gasteiger partial charge is 0.246 e. The van der Waals surface area contributed by atoms with Crippen molar-refractivity contribution in [2.45, 2.75) is 24.8 Å². The summed E-state index contributed by atoms with van der Waals surface area (Å²) < 4.78 is 45.8. The minimum Gasteiger partial charge on any atom is -0.360 e. The van der Waals surface area contributed by atoms with Crippen molar-refractivity contribution in [3.05, 3.63) is 47.1 Å². The third-order valence-electron chi connectivity index (χ3n) is 3.56. The van der Waals surface area contributed by atoms with Gasteiger partial charge in [-0.1, -0.05) is 17.3 Å². The van der Waals surface area contributed by atoms with Crippen molar-refractivity contribution < 1.29 is 17.3 Å². The molecule has 0 radical (unpaired) electrons. The van der Waals surface area contributed by atoms with Gasteiger partial charge in [-0.3, -0.25) is 0 Å². The van der Waals surface area contributed by atoms with Crippen LogP contribution in [-0.2, 0) is 10.0 Å². The molecule has 0 spiro atoms. The van der Waals surface area contributed by atoms with E-state index in [1.807, 2.05) is 4.90 Å². The van der Waals surface area contributed by atoms with Crippen LogP contribution in [-0.4, -0.2) is 39.1 Å². The van der Waals surface area contributed by atoms with Crippen LogP contribution in [0, 0.1) is 19.7 Å². The van der Waals surface area contributed by atoms with Gasteiger partial charge in [0.2, 0.25) is 10.0 Å². The Bertz CT molecular complexity index is 768. The minimum atomic E-state index is -3.75. The van der Waals surface area contributed by atoms with Crippen LogP contribution in [0.2, 0.25) is 0 Å². The molecule has 8 heteroatoms. The van der Waals surface area contributed by atoms with Crippen LogP contribution in [0.25, 0.3) is 0 Å². The minimum absolute atomic E-state index is 0.0502. The molecule has 1 N–H and O–H groups in total. The molecule has 0 aliphatic carbocycles. The highest BCUT2D eigenvalue weighted by atomic mass is 32.2. The molecule has 0 bridgehead atoms. The van der Waals surface area contributed by atoms with Crippen molar-refractivity contribution in [2.75, 3.05) is 20.6 Å². The van der Waals surface area contributed by atoms with Gasteiger partial charge in [0.1, 0.15) is 16.4 Å². The van der Waals surface area contributed by atoms with E-state index in [9.17, 15) is 12.8 Å². The maximum atomic E-state index is 13.4. The van der Waals surface area contributed by atoms with E-state index in [0.717, 1.165) is 0 Å². The number of aryl methyl sites for hydroxylation is 2. The summed E-state index contributed by atoms with van der Waals surface area (Å²) in [7, 11) is -0.141. The molecule has 0 aliphatic rings. The molecule has 0 amide bonds. The molecule has 2 aromatic rings. The predicted octanol–water partition coefficient (Wildman–Crippen LogP) is 2.01. The Morgan fingerprint density at radius 3 is 2.57 bits per heavy atom. The van der Waals surface area contributed by atoms with E-state index in [4.69, 9.17) is 4.52 Å². The first-order valence-corrected chi connectivity index (χ1v) is 8.55. The van der Waals surface area contributed by atoms with Crippen molar-refractivity contribution >= 4 is 10.0 Å². The third kappa shape index (κ3) is 3.95. The summed E-state index contributed by atoms with van der Waals surface area (Å²) in [5, 5.41) is 3.66. The zero-order chi connectivity index (χ0) is 17.2. The van der Waals surface area contributed by atoms with Gasteiger partial charge < -0.3 is 9.42 Å². The number of sulfonamides is 1. The second kappa shape index (κ2) is 6.77. The fourth-order valence-electron chi connectivity index (χ4n) is 2.43. The number of likely N-dealkylation sites (N-methyl/N-ethyl adjacent to an activating group) is 1. The third-order valence-corrected chi connectivity index (χ3v) is 5.23. The quantitative estimate of drug-likeness (QED) is 0.870. The zero-order valence-electron chi connectivity index (χ0n) is 13.5. The van der Waals surface area contributed by atoms with Gasteiger partial charge in [-0.25, -0.2) is 17.5 Å². The van der Waals surface area contributed by atoms with E-state index in [-0.39, 0.29) is 29.1 Å². The van der Waals surface area contributed by atoms with Crippen LogP contribution in [0.5, 0.6) is 0 Å². The van der Waals surface area contributed by atoms with Gasteiger partial charge in [-0.15, -0.1) is 0 Å². The lowest BCUT2D eigenvalue weighted by atomic mass is 10.1. The second-order valence-electron chi connectivity index (χ2n) is 5.54. The lowest BCUT2D eigenvalue weighted by Gasteiger charge is -2.25. The molecule has 1 aromatic carbocycles. The van der Waals surface area contributed by atoms with Crippen LogP contribution in [0.1, 0.15) is 23.1 Å². The van der Waals surface area contributed by atoms with Crippen LogP contribution in [0.15, 0.2) is 33.7 Å². The van der Waals surface area contributed by atoms with Crippen molar-refractivity contribution in [3.63, 3.8) is 0 Å². The molecule has 1 aromatic heterocycles. The second-order valence-corrected chi connectivity index (χ2v) is 7.24. The zero-order valence-corrected chi connectivity index (χ0v) is 14.3. The van der Waals surface area contributed by atoms with Crippen molar-refractivity contribution in [3.8, 4) is 0 Å². The summed E-state index contributed by atoms with van der Waals surface area (Å²) in [5.41, 5.74) is 0.999. The number of hydrogen-bond acceptors (Lipinski definition) is 5. The number of nitrogens with one attached hydrogen (secondary N) is 1. The van der Waals surface area contributed by atoms with Gasteiger partial charge >= 0.3 is 0 Å². The van der Waals surface area contributed by atoms with E-state index >= 15 is 0 Å². The topological polar surface area (TPSA) is 75.4 Å². The Morgan fingerprint density at radius 2 is 2.04 bits per heavy atom. The molecule has 0 saturated carbocycles.